The van der Waals surface area contributed by atoms with E-state index in [4.69, 9.17) is 23.5 Å². The van der Waals surface area contributed by atoms with Crippen molar-refractivity contribution in [1.82, 2.24) is 0 Å². The van der Waals surface area contributed by atoms with Crippen LogP contribution in [0.3, 0.4) is 0 Å². The highest BCUT2D eigenvalue weighted by Crippen LogP contribution is 2.35. The largest absolute Gasteiger partial charge is 0.377 e. The highest BCUT2D eigenvalue weighted by atomic mass is 32.2. The Bertz CT molecular complexity index is 1440. The first-order chi connectivity index (χ1) is 23.0. The molecule has 0 aliphatic carbocycles. The second-order valence-electron chi connectivity index (χ2n) is 11.3. The molecule has 48 heavy (non-hydrogen) atoms. The van der Waals surface area contributed by atoms with Gasteiger partial charge in [-0.1, -0.05) is 0 Å². The Balaban J connectivity index is 1.59. The number of thiophene rings is 1. The van der Waals surface area contributed by atoms with Gasteiger partial charge in [-0.3, -0.25) is 9.35 Å². The van der Waals surface area contributed by atoms with Crippen LogP contribution in [0.2, 0.25) is 0 Å². The zero-order valence-electron chi connectivity index (χ0n) is 29.0. The van der Waals surface area contributed by atoms with E-state index >= 15 is 0 Å². The fraction of sp³-hybridized carbons (Fsp3) is 0.636. The maximum absolute atomic E-state index is 11.2. The average molecular weight is 711 g/mol. The molecule has 0 spiro atoms. The molecule has 1 aromatic carbocycles. The van der Waals surface area contributed by atoms with Gasteiger partial charge in [-0.25, -0.2) is 0 Å². The second kappa shape index (κ2) is 22.0. The summed E-state index contributed by atoms with van der Waals surface area (Å²) >= 11 is 1.16. The Hall–Kier alpha value is -2.81. The normalized spacial score (nSPS) is 12.1. The maximum Gasteiger partial charge on any atom is 0.265 e. The topological polar surface area (TPSA) is 160 Å². The van der Waals surface area contributed by atoms with Crippen LogP contribution < -0.4 is 4.90 Å². The van der Waals surface area contributed by atoms with Crippen LogP contribution in [0.5, 0.6) is 0 Å². The van der Waals surface area contributed by atoms with Gasteiger partial charge in [0.25, 0.3) is 10.1 Å². The van der Waals surface area contributed by atoms with E-state index in [0.717, 1.165) is 66.1 Å². The van der Waals surface area contributed by atoms with E-state index in [1.807, 2.05) is 25.1 Å². The molecule has 268 valence electrons. The molecule has 0 aliphatic rings. The average Bonchev–Trinajstić information content (AvgIpc) is 3.38. The molecule has 0 unspecified atom stereocenters. The number of benzene rings is 1. The van der Waals surface area contributed by atoms with E-state index in [2.05, 4.69) is 42.0 Å². The second-order valence-corrected chi connectivity index (χ2v) is 13.9. The van der Waals surface area contributed by atoms with Gasteiger partial charge >= 0.3 is 0 Å². The lowest BCUT2D eigenvalue weighted by molar-refractivity contribution is -0.925. The molecule has 13 nitrogen and oxygen atoms in total. The van der Waals surface area contributed by atoms with E-state index in [-0.39, 0.29) is 5.75 Å². The van der Waals surface area contributed by atoms with Gasteiger partial charge in [0, 0.05) is 25.2 Å². The molecule has 0 bridgehead atoms. The van der Waals surface area contributed by atoms with Gasteiger partial charge in [0.15, 0.2) is 11.3 Å². The molecule has 0 fully saturated rings. The molecule has 1 heterocycles. The van der Waals surface area contributed by atoms with E-state index in [1.165, 1.54) is 0 Å². The highest BCUT2D eigenvalue weighted by molar-refractivity contribution is 7.85. The minimum absolute atomic E-state index is 0.213. The Morgan fingerprint density at radius 2 is 1.54 bits per heavy atom. The summed E-state index contributed by atoms with van der Waals surface area (Å²) in [6.45, 7) is 18.6. The summed E-state index contributed by atoms with van der Waals surface area (Å²) in [5.74, 6) is -0.213. The summed E-state index contributed by atoms with van der Waals surface area (Å²) in [4.78, 5) is 13.9. The summed E-state index contributed by atoms with van der Waals surface area (Å²) in [5, 5.41) is 18.5. The number of aldehydes is 1. The molecule has 2 aromatic rings. The van der Waals surface area contributed by atoms with E-state index in [9.17, 15) is 18.5 Å². The summed E-state index contributed by atoms with van der Waals surface area (Å²) in [5.41, 5.74) is 3.70. The molecule has 1 N–H and O–H groups in total. The Labute approximate surface area is 289 Å². The molecule has 0 atom stereocenters. The number of likely N-dealkylation sites (N-methyl/N-ethyl adjacent to an activating group) is 2. The monoisotopic (exact) mass is 710 g/mol. The molecule has 0 saturated carbocycles. The molecular formula is C33H52N5O8S2+. The quantitative estimate of drug-likeness (QED) is 0.0435. The van der Waals surface area contributed by atoms with Crippen LogP contribution in [-0.4, -0.2) is 122 Å². The molecule has 0 amide bonds. The highest BCUT2D eigenvalue weighted by Gasteiger charge is 2.23. The van der Waals surface area contributed by atoms with E-state index < -0.39 is 10.1 Å². The summed E-state index contributed by atoms with van der Waals surface area (Å²) in [6, 6.07) is 8.05. The molecule has 2 rings (SSSR count). The van der Waals surface area contributed by atoms with Crippen molar-refractivity contribution in [3.8, 4) is 6.07 Å². The van der Waals surface area contributed by atoms with Crippen molar-refractivity contribution in [1.29, 1.82) is 5.26 Å². The number of hydrogen-bond donors (Lipinski definition) is 1. The number of rotatable bonds is 26. The predicted octanol–water partition coefficient (Wildman–Crippen LogP) is 5.49. The number of azo groups is 1. The van der Waals surface area contributed by atoms with E-state index in [0.29, 0.717) is 92.5 Å². The lowest BCUT2D eigenvalue weighted by Gasteiger charge is -2.36. The van der Waals surface area contributed by atoms with Crippen molar-refractivity contribution >= 4 is 44.1 Å². The standard InChI is InChI=1S/C33H51N5O8S2/c1-6-37(29-10-11-31(27(4)24-29)35-36-33-30(25-34)28(5)32(26-39)47-33)12-15-43-17-19-45-21-22-46-20-18-44-16-14-38(7-2,8-3)13-9-23-48(40,41)42/h10-11,24,26H,6-9,12-23H2,1-5H3/p+1. The van der Waals surface area contributed by atoms with Crippen molar-refractivity contribution in [2.45, 2.75) is 41.0 Å². The van der Waals surface area contributed by atoms with Crippen molar-refractivity contribution in [2.24, 2.45) is 10.2 Å². The van der Waals surface area contributed by atoms with Crippen LogP contribution in [0.1, 0.15) is 53.6 Å². The van der Waals surface area contributed by atoms with Crippen LogP contribution in [0, 0.1) is 25.2 Å². The van der Waals surface area contributed by atoms with Gasteiger partial charge in [-0.15, -0.1) is 21.6 Å². The van der Waals surface area contributed by atoms with Gasteiger partial charge in [0.1, 0.15) is 12.6 Å². The number of carbonyl (C=O) groups excluding carboxylic acids is 1. The number of quaternary nitrogens is 1. The number of nitriles is 1. The van der Waals surface area contributed by atoms with Gasteiger partial charge in [-0.2, -0.15) is 13.7 Å². The minimum Gasteiger partial charge on any atom is -0.377 e. The van der Waals surface area contributed by atoms with Gasteiger partial charge in [0.05, 0.1) is 94.4 Å². The lowest BCUT2D eigenvalue weighted by atomic mass is 10.1. The van der Waals surface area contributed by atoms with Gasteiger partial charge in [0.2, 0.25) is 0 Å². The van der Waals surface area contributed by atoms with Crippen LogP contribution in [0.15, 0.2) is 28.4 Å². The maximum atomic E-state index is 11.2. The molecule has 0 aliphatic heterocycles. The van der Waals surface area contributed by atoms with E-state index in [1.54, 1.807) is 6.92 Å². The number of carbonyl (C=O) groups is 1. The number of aryl methyl sites for hydroxylation is 1. The van der Waals surface area contributed by atoms with Crippen LogP contribution >= 0.6 is 11.3 Å². The number of hydrogen-bond acceptors (Lipinski definition) is 12. The summed E-state index contributed by atoms with van der Waals surface area (Å²) in [6.07, 6.45) is 1.16. The third-order valence-corrected chi connectivity index (χ3v) is 10.2. The smallest absolute Gasteiger partial charge is 0.265 e. The first kappa shape index (κ1) is 41.4. The van der Waals surface area contributed by atoms with Crippen LogP contribution in [0.25, 0.3) is 0 Å². The van der Waals surface area contributed by atoms with Crippen LogP contribution in [-0.2, 0) is 29.1 Å². The number of nitrogens with zero attached hydrogens (tertiary/aromatic N) is 5. The summed E-state index contributed by atoms with van der Waals surface area (Å²) in [7, 11) is -3.93. The Kier molecular flexibility index (Phi) is 19.0. The fourth-order valence-corrected chi connectivity index (χ4v) is 6.48. The number of anilines is 1. The molecule has 0 saturated heterocycles. The van der Waals surface area contributed by atoms with Crippen LogP contribution in [0.4, 0.5) is 16.4 Å². The van der Waals surface area contributed by atoms with Crippen molar-refractivity contribution < 1.29 is 41.2 Å². The zero-order valence-corrected chi connectivity index (χ0v) is 30.6. The fourth-order valence-electron chi connectivity index (χ4n) is 5.09. The van der Waals surface area contributed by atoms with Crippen molar-refractivity contribution in [2.75, 3.05) is 103 Å². The predicted molar refractivity (Wildman–Crippen MR) is 188 cm³/mol. The lowest BCUT2D eigenvalue weighted by Crippen LogP contribution is -2.50. The Morgan fingerprint density at radius 1 is 0.938 bits per heavy atom. The molecule has 0 radical (unpaired) electrons. The number of ether oxygens (including phenoxy) is 4. The first-order valence-corrected chi connectivity index (χ1v) is 18.8. The SMILES string of the molecule is CCN(CCOCCOCCOCCOCC[N+](CC)(CC)CCCS(=O)(=O)O)c1ccc(N=Nc2sc(C=O)c(C)c2C#N)c(C)c1. The first-order valence-electron chi connectivity index (χ1n) is 16.4. The zero-order chi connectivity index (χ0) is 35.4. The third kappa shape index (κ3) is 14.4. The van der Waals surface area contributed by atoms with Gasteiger partial charge < -0.3 is 28.3 Å². The third-order valence-electron chi connectivity index (χ3n) is 8.27. The summed E-state index contributed by atoms with van der Waals surface area (Å²) < 4.78 is 54.5. The molecular weight excluding hydrogens is 659 g/mol. The Morgan fingerprint density at radius 3 is 2.06 bits per heavy atom. The van der Waals surface area contributed by atoms with Gasteiger partial charge in [-0.05, 0) is 63.9 Å². The minimum atomic E-state index is -3.93. The molecule has 1 aromatic heterocycles. The molecule has 15 heteroatoms. The van der Waals surface area contributed by atoms with Crippen molar-refractivity contribution in [3.05, 3.63) is 39.8 Å². The van der Waals surface area contributed by atoms with Crippen molar-refractivity contribution in [3.63, 3.8) is 0 Å².